The zero-order valence-electron chi connectivity index (χ0n) is 10.9. The number of benzene rings is 2. The van der Waals surface area contributed by atoms with Gasteiger partial charge in [-0.3, -0.25) is 0 Å². The molecule has 0 fully saturated rings. The van der Waals surface area contributed by atoms with Crippen LogP contribution in [0.4, 0.5) is 5.69 Å². The highest BCUT2D eigenvalue weighted by Crippen LogP contribution is 2.37. The van der Waals surface area contributed by atoms with Gasteiger partial charge in [0, 0.05) is 29.4 Å². The lowest BCUT2D eigenvalue weighted by Gasteiger charge is -2.14. The summed E-state index contributed by atoms with van der Waals surface area (Å²) in [6, 6.07) is 13.4. The van der Waals surface area contributed by atoms with Gasteiger partial charge in [0.1, 0.15) is 18.1 Å². The molecule has 0 saturated heterocycles. The molecule has 0 atom stereocenters. The monoisotopic (exact) mass is 258 g/mol. The van der Waals surface area contributed by atoms with Gasteiger partial charge in [-0.25, -0.2) is 0 Å². The number of ether oxygens (including phenoxy) is 2. The Bertz CT molecular complexity index is 556. The maximum atomic E-state index is 5.81. The van der Waals surface area contributed by atoms with E-state index in [4.69, 9.17) is 20.9 Å². The van der Waals surface area contributed by atoms with E-state index in [0.717, 1.165) is 22.6 Å². The smallest absolute Gasteiger partial charge is 0.129 e. The van der Waals surface area contributed by atoms with E-state index in [1.165, 1.54) is 0 Å². The number of nitrogen functional groups attached to an aromatic ring is 1. The lowest BCUT2D eigenvalue weighted by atomic mass is 10.0. The van der Waals surface area contributed by atoms with E-state index in [9.17, 15) is 0 Å². The molecule has 0 heterocycles. The normalized spacial score (nSPS) is 10.2. The Kier molecular flexibility index (Phi) is 4.26. The van der Waals surface area contributed by atoms with E-state index in [0.29, 0.717) is 18.8 Å². The van der Waals surface area contributed by atoms with Crippen LogP contribution >= 0.6 is 0 Å². The Morgan fingerprint density at radius 2 is 1.74 bits per heavy atom. The number of nitrogens with two attached hydrogens (primary N) is 2. The van der Waals surface area contributed by atoms with Gasteiger partial charge in [-0.2, -0.15) is 0 Å². The Labute approximate surface area is 112 Å². The van der Waals surface area contributed by atoms with Gasteiger partial charge in [-0.1, -0.05) is 18.2 Å². The van der Waals surface area contributed by atoms with E-state index in [2.05, 4.69) is 0 Å². The Morgan fingerprint density at radius 1 is 1.00 bits per heavy atom. The first-order valence-electron chi connectivity index (χ1n) is 6.12. The topological polar surface area (TPSA) is 70.5 Å². The van der Waals surface area contributed by atoms with Crippen molar-refractivity contribution in [2.75, 3.05) is 26.0 Å². The molecule has 0 bridgehead atoms. The SMILES string of the molecule is COc1ccccc1-c1ccc(N)cc1OCCN. The molecule has 0 aliphatic rings. The van der Waals surface area contributed by atoms with Crippen LogP contribution in [0.3, 0.4) is 0 Å². The fraction of sp³-hybridized carbons (Fsp3) is 0.200. The minimum atomic E-state index is 0.450. The fourth-order valence-electron chi connectivity index (χ4n) is 1.92. The molecule has 2 rings (SSSR count). The van der Waals surface area contributed by atoms with Crippen LogP contribution < -0.4 is 20.9 Å². The molecule has 0 radical (unpaired) electrons. The highest BCUT2D eigenvalue weighted by Gasteiger charge is 2.11. The Hall–Kier alpha value is -2.20. The number of hydrogen-bond donors (Lipinski definition) is 2. The quantitative estimate of drug-likeness (QED) is 0.807. The van der Waals surface area contributed by atoms with Crippen LogP contribution in [0.1, 0.15) is 0 Å². The molecule has 100 valence electrons. The zero-order valence-corrected chi connectivity index (χ0v) is 10.9. The van der Waals surface area contributed by atoms with Crippen LogP contribution in [0, 0.1) is 0 Å². The predicted molar refractivity (Wildman–Crippen MR) is 77.4 cm³/mol. The van der Waals surface area contributed by atoms with Gasteiger partial charge < -0.3 is 20.9 Å². The molecular weight excluding hydrogens is 240 g/mol. The van der Waals surface area contributed by atoms with E-state index in [-0.39, 0.29) is 0 Å². The van der Waals surface area contributed by atoms with Gasteiger partial charge in [0.15, 0.2) is 0 Å². The van der Waals surface area contributed by atoms with Crippen molar-refractivity contribution >= 4 is 5.69 Å². The van der Waals surface area contributed by atoms with Crippen molar-refractivity contribution in [2.45, 2.75) is 0 Å². The minimum Gasteiger partial charge on any atom is -0.496 e. The maximum Gasteiger partial charge on any atom is 0.129 e. The number of hydrogen-bond acceptors (Lipinski definition) is 4. The second kappa shape index (κ2) is 6.11. The first-order valence-corrected chi connectivity index (χ1v) is 6.12. The fourth-order valence-corrected chi connectivity index (χ4v) is 1.92. The van der Waals surface area contributed by atoms with Crippen molar-refractivity contribution in [3.63, 3.8) is 0 Å². The first-order chi connectivity index (χ1) is 9.26. The molecule has 4 nitrogen and oxygen atoms in total. The molecule has 0 unspecified atom stereocenters. The van der Waals surface area contributed by atoms with Gasteiger partial charge in [-0.15, -0.1) is 0 Å². The Morgan fingerprint density at radius 3 is 2.47 bits per heavy atom. The molecule has 2 aromatic carbocycles. The third-order valence-corrected chi connectivity index (χ3v) is 2.78. The van der Waals surface area contributed by atoms with Crippen LogP contribution in [-0.4, -0.2) is 20.3 Å². The van der Waals surface area contributed by atoms with E-state index in [1.807, 2.05) is 36.4 Å². The van der Waals surface area contributed by atoms with Gasteiger partial charge in [-0.05, 0) is 18.2 Å². The van der Waals surface area contributed by atoms with E-state index in [1.54, 1.807) is 13.2 Å². The van der Waals surface area contributed by atoms with Gasteiger partial charge in [0.25, 0.3) is 0 Å². The molecule has 0 aromatic heterocycles. The molecule has 2 aromatic rings. The molecule has 0 aliphatic carbocycles. The average Bonchev–Trinajstić information content (AvgIpc) is 2.45. The van der Waals surface area contributed by atoms with Crippen molar-refractivity contribution in [3.05, 3.63) is 42.5 Å². The van der Waals surface area contributed by atoms with E-state index < -0.39 is 0 Å². The number of methoxy groups -OCH3 is 1. The predicted octanol–water partition coefficient (Wildman–Crippen LogP) is 2.28. The van der Waals surface area contributed by atoms with Crippen LogP contribution in [0.25, 0.3) is 11.1 Å². The van der Waals surface area contributed by atoms with Gasteiger partial charge >= 0.3 is 0 Å². The summed E-state index contributed by atoms with van der Waals surface area (Å²) in [5, 5.41) is 0. The van der Waals surface area contributed by atoms with Crippen molar-refractivity contribution < 1.29 is 9.47 Å². The number of anilines is 1. The summed E-state index contributed by atoms with van der Waals surface area (Å²) in [6.07, 6.45) is 0. The number of para-hydroxylation sites is 1. The molecule has 0 aliphatic heterocycles. The van der Waals surface area contributed by atoms with Crippen molar-refractivity contribution in [1.29, 1.82) is 0 Å². The van der Waals surface area contributed by atoms with Gasteiger partial charge in [0.05, 0.1) is 7.11 Å². The second-order valence-corrected chi connectivity index (χ2v) is 4.09. The minimum absolute atomic E-state index is 0.450. The molecular formula is C15H18N2O2. The van der Waals surface area contributed by atoms with Crippen LogP contribution in [-0.2, 0) is 0 Å². The summed E-state index contributed by atoms with van der Waals surface area (Å²) in [5.74, 6) is 1.51. The largest absolute Gasteiger partial charge is 0.496 e. The second-order valence-electron chi connectivity index (χ2n) is 4.09. The molecule has 4 N–H and O–H groups in total. The van der Waals surface area contributed by atoms with Crippen molar-refractivity contribution in [3.8, 4) is 22.6 Å². The summed E-state index contributed by atoms with van der Waals surface area (Å²) in [6.45, 7) is 0.908. The lowest BCUT2D eigenvalue weighted by molar-refractivity contribution is 0.329. The zero-order chi connectivity index (χ0) is 13.7. The van der Waals surface area contributed by atoms with Crippen molar-refractivity contribution in [1.82, 2.24) is 0 Å². The summed E-state index contributed by atoms with van der Waals surface area (Å²) >= 11 is 0. The average molecular weight is 258 g/mol. The van der Waals surface area contributed by atoms with Crippen LogP contribution in [0.5, 0.6) is 11.5 Å². The summed E-state index contributed by atoms with van der Waals surface area (Å²) < 4.78 is 11.0. The molecule has 4 heteroatoms. The van der Waals surface area contributed by atoms with Gasteiger partial charge in [0.2, 0.25) is 0 Å². The Balaban J connectivity index is 2.48. The maximum absolute atomic E-state index is 5.81. The third-order valence-electron chi connectivity index (χ3n) is 2.78. The summed E-state index contributed by atoms with van der Waals surface area (Å²) in [7, 11) is 1.65. The summed E-state index contributed by atoms with van der Waals surface area (Å²) in [4.78, 5) is 0. The summed E-state index contributed by atoms with van der Waals surface area (Å²) in [5.41, 5.74) is 13.9. The molecule has 19 heavy (non-hydrogen) atoms. The molecule has 0 spiro atoms. The number of rotatable bonds is 5. The molecule has 0 amide bonds. The lowest BCUT2D eigenvalue weighted by Crippen LogP contribution is -2.11. The highest BCUT2D eigenvalue weighted by molar-refractivity contribution is 5.77. The van der Waals surface area contributed by atoms with Crippen LogP contribution in [0.15, 0.2) is 42.5 Å². The highest BCUT2D eigenvalue weighted by atomic mass is 16.5. The first kappa shape index (κ1) is 13.2. The van der Waals surface area contributed by atoms with Crippen LogP contribution in [0.2, 0.25) is 0 Å². The van der Waals surface area contributed by atoms with Crippen molar-refractivity contribution in [2.24, 2.45) is 5.73 Å². The van der Waals surface area contributed by atoms with E-state index >= 15 is 0 Å². The standard InChI is InChI=1S/C15H18N2O2/c1-18-14-5-3-2-4-12(14)13-7-6-11(17)10-15(13)19-9-8-16/h2-7,10H,8-9,16-17H2,1H3. The molecule has 0 saturated carbocycles. The third kappa shape index (κ3) is 2.98.